The van der Waals surface area contributed by atoms with Crippen LogP contribution >= 0.6 is 0 Å². The first-order chi connectivity index (χ1) is 10.3. The van der Waals surface area contributed by atoms with Crippen molar-refractivity contribution in [3.8, 4) is 11.5 Å². The quantitative estimate of drug-likeness (QED) is 0.843. The number of hydrogen-bond acceptors (Lipinski definition) is 3. The van der Waals surface area contributed by atoms with Crippen molar-refractivity contribution < 1.29 is 9.47 Å². The SMILES string of the molecule is COc1cc(CNC2CC2)ccc1OCc1ccccc1. The van der Waals surface area contributed by atoms with Crippen molar-refractivity contribution in [2.45, 2.75) is 32.0 Å². The standard InChI is InChI=1S/C18H21NO2/c1-20-18-11-15(12-19-16-8-9-16)7-10-17(18)21-13-14-5-3-2-4-6-14/h2-7,10-11,16,19H,8-9,12-13H2,1H3. The third kappa shape index (κ3) is 3.99. The molecule has 1 aliphatic rings. The molecule has 1 aliphatic carbocycles. The normalized spacial score (nSPS) is 14.0. The first-order valence-electron chi connectivity index (χ1n) is 7.42. The van der Waals surface area contributed by atoms with E-state index in [1.54, 1.807) is 7.11 Å². The zero-order valence-corrected chi connectivity index (χ0v) is 12.3. The minimum Gasteiger partial charge on any atom is -0.493 e. The monoisotopic (exact) mass is 283 g/mol. The van der Waals surface area contributed by atoms with Gasteiger partial charge >= 0.3 is 0 Å². The van der Waals surface area contributed by atoms with Gasteiger partial charge in [-0.25, -0.2) is 0 Å². The fourth-order valence-electron chi connectivity index (χ4n) is 2.23. The largest absolute Gasteiger partial charge is 0.493 e. The molecule has 0 bridgehead atoms. The predicted octanol–water partition coefficient (Wildman–Crippen LogP) is 3.53. The molecular weight excluding hydrogens is 262 g/mol. The van der Waals surface area contributed by atoms with Crippen molar-refractivity contribution in [1.29, 1.82) is 0 Å². The van der Waals surface area contributed by atoms with Crippen molar-refractivity contribution >= 4 is 0 Å². The summed E-state index contributed by atoms with van der Waals surface area (Å²) in [7, 11) is 1.68. The Bertz CT molecular complexity index is 579. The molecule has 0 heterocycles. The van der Waals surface area contributed by atoms with Gasteiger partial charge < -0.3 is 14.8 Å². The summed E-state index contributed by atoms with van der Waals surface area (Å²) in [5.74, 6) is 1.58. The summed E-state index contributed by atoms with van der Waals surface area (Å²) in [5.41, 5.74) is 2.38. The molecular formula is C18H21NO2. The molecule has 1 saturated carbocycles. The molecule has 0 radical (unpaired) electrons. The molecule has 3 nitrogen and oxygen atoms in total. The number of methoxy groups -OCH3 is 1. The lowest BCUT2D eigenvalue weighted by atomic mass is 10.2. The molecule has 1 fully saturated rings. The lowest BCUT2D eigenvalue weighted by Gasteiger charge is -2.12. The number of benzene rings is 2. The summed E-state index contributed by atoms with van der Waals surface area (Å²) in [6, 6.07) is 17.0. The van der Waals surface area contributed by atoms with Crippen molar-refractivity contribution in [2.75, 3.05) is 7.11 Å². The topological polar surface area (TPSA) is 30.5 Å². The van der Waals surface area contributed by atoms with E-state index in [2.05, 4.69) is 29.6 Å². The third-order valence-corrected chi connectivity index (χ3v) is 3.64. The zero-order valence-electron chi connectivity index (χ0n) is 12.3. The highest BCUT2D eigenvalue weighted by Gasteiger charge is 2.20. The van der Waals surface area contributed by atoms with Crippen molar-refractivity contribution in [2.24, 2.45) is 0 Å². The Balaban J connectivity index is 1.63. The van der Waals surface area contributed by atoms with E-state index in [4.69, 9.17) is 9.47 Å². The Morgan fingerprint density at radius 2 is 1.81 bits per heavy atom. The van der Waals surface area contributed by atoms with Crippen molar-refractivity contribution in [3.05, 3.63) is 59.7 Å². The van der Waals surface area contributed by atoms with Gasteiger partial charge in [0.05, 0.1) is 7.11 Å². The average molecular weight is 283 g/mol. The van der Waals surface area contributed by atoms with Crippen LogP contribution < -0.4 is 14.8 Å². The average Bonchev–Trinajstić information content (AvgIpc) is 3.36. The second-order valence-corrected chi connectivity index (χ2v) is 5.41. The summed E-state index contributed by atoms with van der Waals surface area (Å²) >= 11 is 0. The lowest BCUT2D eigenvalue weighted by Crippen LogP contribution is -2.15. The molecule has 0 aromatic heterocycles. The van der Waals surface area contributed by atoms with Gasteiger partial charge in [-0.15, -0.1) is 0 Å². The number of rotatable bonds is 7. The van der Waals surface area contributed by atoms with Crippen molar-refractivity contribution in [1.82, 2.24) is 5.32 Å². The fraction of sp³-hybridized carbons (Fsp3) is 0.333. The van der Waals surface area contributed by atoms with Crippen molar-refractivity contribution in [3.63, 3.8) is 0 Å². The highest BCUT2D eigenvalue weighted by Crippen LogP contribution is 2.29. The molecule has 0 spiro atoms. The maximum Gasteiger partial charge on any atom is 0.161 e. The molecule has 3 rings (SSSR count). The maximum absolute atomic E-state index is 5.86. The van der Waals surface area contributed by atoms with E-state index >= 15 is 0 Å². The molecule has 0 atom stereocenters. The third-order valence-electron chi connectivity index (χ3n) is 3.64. The molecule has 21 heavy (non-hydrogen) atoms. The summed E-state index contributed by atoms with van der Waals surface area (Å²) < 4.78 is 11.3. The molecule has 1 N–H and O–H groups in total. The van der Waals surface area contributed by atoms with Gasteiger partial charge in [0.2, 0.25) is 0 Å². The van der Waals surface area contributed by atoms with E-state index in [1.165, 1.54) is 18.4 Å². The Hall–Kier alpha value is -2.00. The Kier molecular flexibility index (Phi) is 4.41. The molecule has 0 amide bonds. The molecule has 2 aromatic rings. The Morgan fingerprint density at radius 3 is 2.52 bits per heavy atom. The van der Waals surface area contributed by atoms with E-state index in [-0.39, 0.29) is 0 Å². The highest BCUT2D eigenvalue weighted by molar-refractivity contribution is 5.43. The van der Waals surface area contributed by atoms with E-state index in [9.17, 15) is 0 Å². The Morgan fingerprint density at radius 1 is 1.00 bits per heavy atom. The minimum atomic E-state index is 0.552. The second-order valence-electron chi connectivity index (χ2n) is 5.41. The summed E-state index contributed by atoms with van der Waals surface area (Å²) in [6.45, 7) is 1.44. The van der Waals surface area contributed by atoms with Crippen LogP contribution in [0.3, 0.4) is 0 Å². The van der Waals surface area contributed by atoms with Crippen LogP contribution in [0.15, 0.2) is 48.5 Å². The van der Waals surface area contributed by atoms with E-state index in [0.29, 0.717) is 12.6 Å². The maximum atomic E-state index is 5.86. The highest BCUT2D eigenvalue weighted by atomic mass is 16.5. The van der Waals surface area contributed by atoms with Gasteiger partial charge in [-0.1, -0.05) is 36.4 Å². The van der Waals surface area contributed by atoms with Crippen LogP contribution in [0.25, 0.3) is 0 Å². The van der Waals surface area contributed by atoms with Crippen LogP contribution in [0, 0.1) is 0 Å². The zero-order chi connectivity index (χ0) is 14.5. The van der Waals surface area contributed by atoms with Crippen LogP contribution in [-0.4, -0.2) is 13.2 Å². The van der Waals surface area contributed by atoms with Gasteiger partial charge in [-0.05, 0) is 36.1 Å². The molecule has 0 saturated heterocycles. The van der Waals surface area contributed by atoms with Gasteiger partial charge in [0.25, 0.3) is 0 Å². The van der Waals surface area contributed by atoms with E-state index in [1.807, 2.05) is 24.3 Å². The smallest absolute Gasteiger partial charge is 0.161 e. The number of ether oxygens (including phenoxy) is 2. The van der Waals surface area contributed by atoms with Gasteiger partial charge in [0.15, 0.2) is 11.5 Å². The van der Waals surface area contributed by atoms with Crippen LogP contribution in [0.4, 0.5) is 0 Å². The Labute approximate surface area is 125 Å². The van der Waals surface area contributed by atoms with Gasteiger partial charge in [-0.3, -0.25) is 0 Å². The molecule has 110 valence electrons. The fourth-order valence-corrected chi connectivity index (χ4v) is 2.23. The first kappa shape index (κ1) is 14.0. The molecule has 2 aromatic carbocycles. The predicted molar refractivity (Wildman–Crippen MR) is 83.6 cm³/mol. The molecule has 0 aliphatic heterocycles. The van der Waals surface area contributed by atoms with Gasteiger partial charge in [-0.2, -0.15) is 0 Å². The molecule has 0 unspecified atom stereocenters. The number of nitrogens with one attached hydrogen (secondary N) is 1. The van der Waals surface area contributed by atoms with E-state index in [0.717, 1.165) is 23.6 Å². The summed E-state index contributed by atoms with van der Waals surface area (Å²) in [6.07, 6.45) is 2.60. The van der Waals surface area contributed by atoms with Crippen LogP contribution in [0.5, 0.6) is 11.5 Å². The summed E-state index contributed by atoms with van der Waals surface area (Å²) in [4.78, 5) is 0. The van der Waals surface area contributed by atoms with Gasteiger partial charge in [0.1, 0.15) is 6.61 Å². The first-order valence-corrected chi connectivity index (χ1v) is 7.42. The van der Waals surface area contributed by atoms with Crippen LogP contribution in [-0.2, 0) is 13.2 Å². The van der Waals surface area contributed by atoms with Crippen LogP contribution in [0.2, 0.25) is 0 Å². The molecule has 3 heteroatoms. The second kappa shape index (κ2) is 6.64. The van der Waals surface area contributed by atoms with E-state index < -0.39 is 0 Å². The van der Waals surface area contributed by atoms with Crippen LogP contribution in [0.1, 0.15) is 24.0 Å². The minimum absolute atomic E-state index is 0.552. The number of hydrogen-bond donors (Lipinski definition) is 1. The van der Waals surface area contributed by atoms with Gasteiger partial charge in [0, 0.05) is 12.6 Å². The summed E-state index contributed by atoms with van der Waals surface area (Å²) in [5, 5.41) is 3.51. The lowest BCUT2D eigenvalue weighted by molar-refractivity contribution is 0.284.